The van der Waals surface area contributed by atoms with Crippen molar-refractivity contribution in [2.45, 2.75) is 44.9 Å². The number of fused-ring (bicyclic) bond motifs is 1. The van der Waals surface area contributed by atoms with E-state index in [1.807, 2.05) is 42.0 Å². The lowest BCUT2D eigenvalue weighted by molar-refractivity contribution is -0.135. The molecule has 0 fully saturated rings. The van der Waals surface area contributed by atoms with Gasteiger partial charge in [-0.15, -0.1) is 0 Å². The highest BCUT2D eigenvalue weighted by Crippen LogP contribution is 2.25. The van der Waals surface area contributed by atoms with Crippen LogP contribution in [0, 0.1) is 0 Å². The first kappa shape index (κ1) is 14.9. The van der Waals surface area contributed by atoms with E-state index in [9.17, 15) is 13.2 Å². The summed E-state index contributed by atoms with van der Waals surface area (Å²) in [7, 11) is 0. The molecule has 0 spiro atoms. The molecule has 0 saturated carbocycles. The van der Waals surface area contributed by atoms with Crippen LogP contribution in [0.2, 0.25) is 0 Å². The fraction of sp³-hybridized carbons (Fsp3) is 0.467. The summed E-state index contributed by atoms with van der Waals surface area (Å²) >= 11 is 0. The van der Waals surface area contributed by atoms with Crippen LogP contribution in [-0.2, 0) is 13.0 Å². The lowest BCUT2D eigenvalue weighted by atomic mass is 10.0. The zero-order chi connectivity index (χ0) is 14.8. The first-order valence-electron chi connectivity index (χ1n) is 6.76. The molecular formula is C15H19F3N2. The Labute approximate surface area is 116 Å². The van der Waals surface area contributed by atoms with E-state index in [4.69, 9.17) is 5.73 Å². The van der Waals surface area contributed by atoms with Gasteiger partial charge in [0.25, 0.3) is 0 Å². The Kier molecular flexibility index (Phi) is 4.38. The standard InChI is InChI=1S/C15H19F3N2/c1-11(19)10-13-5-2-4-12-6-9-20(14(12)13)8-3-7-15(16,17)18/h2,4-6,9,11H,3,7-8,10,19H2,1H3. The molecule has 1 atom stereocenters. The molecule has 0 bridgehead atoms. The summed E-state index contributed by atoms with van der Waals surface area (Å²) in [5, 5.41) is 1.05. The Morgan fingerprint density at radius 3 is 2.65 bits per heavy atom. The number of nitrogens with zero attached hydrogens (tertiary/aromatic N) is 1. The molecular weight excluding hydrogens is 265 g/mol. The number of rotatable bonds is 5. The normalized spacial score (nSPS) is 13.8. The van der Waals surface area contributed by atoms with E-state index in [1.165, 1.54) is 0 Å². The van der Waals surface area contributed by atoms with Gasteiger partial charge in [0.15, 0.2) is 0 Å². The van der Waals surface area contributed by atoms with Crippen molar-refractivity contribution in [3.63, 3.8) is 0 Å². The third kappa shape index (κ3) is 3.76. The summed E-state index contributed by atoms with van der Waals surface area (Å²) in [6.45, 7) is 2.30. The first-order valence-corrected chi connectivity index (χ1v) is 6.76. The number of hydrogen-bond acceptors (Lipinski definition) is 1. The van der Waals surface area contributed by atoms with Crippen molar-refractivity contribution in [2.75, 3.05) is 0 Å². The van der Waals surface area contributed by atoms with Gasteiger partial charge in [-0.3, -0.25) is 0 Å². The van der Waals surface area contributed by atoms with Gasteiger partial charge in [0.05, 0.1) is 5.52 Å². The van der Waals surface area contributed by atoms with Gasteiger partial charge in [-0.25, -0.2) is 0 Å². The topological polar surface area (TPSA) is 30.9 Å². The second-order valence-electron chi connectivity index (χ2n) is 5.26. The van der Waals surface area contributed by atoms with Crippen LogP contribution in [0.25, 0.3) is 10.9 Å². The number of alkyl halides is 3. The zero-order valence-corrected chi connectivity index (χ0v) is 11.5. The second-order valence-corrected chi connectivity index (χ2v) is 5.26. The second kappa shape index (κ2) is 5.87. The average Bonchev–Trinajstić information content (AvgIpc) is 2.71. The molecule has 1 aromatic heterocycles. The number of para-hydroxylation sites is 1. The number of aryl methyl sites for hydroxylation is 1. The van der Waals surface area contributed by atoms with Crippen LogP contribution in [0.1, 0.15) is 25.3 Å². The van der Waals surface area contributed by atoms with Crippen LogP contribution in [0.5, 0.6) is 0 Å². The van der Waals surface area contributed by atoms with Crippen molar-refractivity contribution in [1.82, 2.24) is 4.57 Å². The predicted molar refractivity (Wildman–Crippen MR) is 74.6 cm³/mol. The van der Waals surface area contributed by atoms with E-state index in [0.717, 1.165) is 22.9 Å². The molecule has 2 rings (SSSR count). The summed E-state index contributed by atoms with van der Waals surface area (Å²) < 4.78 is 38.6. The highest BCUT2D eigenvalue weighted by Gasteiger charge is 2.26. The predicted octanol–water partition coefficient (Wildman–Crippen LogP) is 3.87. The number of hydrogen-bond donors (Lipinski definition) is 1. The van der Waals surface area contributed by atoms with E-state index in [0.29, 0.717) is 6.54 Å². The Morgan fingerprint density at radius 1 is 1.25 bits per heavy atom. The Hall–Kier alpha value is -1.49. The van der Waals surface area contributed by atoms with E-state index in [2.05, 4.69) is 0 Å². The van der Waals surface area contributed by atoms with Gasteiger partial charge in [0.1, 0.15) is 0 Å². The zero-order valence-electron chi connectivity index (χ0n) is 11.5. The molecule has 0 aliphatic heterocycles. The van der Waals surface area contributed by atoms with Crippen LogP contribution >= 0.6 is 0 Å². The molecule has 110 valence electrons. The fourth-order valence-electron chi connectivity index (χ4n) is 2.49. The number of aromatic nitrogens is 1. The van der Waals surface area contributed by atoms with Crippen LogP contribution in [0.3, 0.4) is 0 Å². The first-order chi connectivity index (χ1) is 9.37. The Morgan fingerprint density at radius 2 is 2.00 bits per heavy atom. The lowest BCUT2D eigenvalue weighted by Crippen LogP contribution is -2.18. The minimum absolute atomic E-state index is 0.0270. The van der Waals surface area contributed by atoms with Crippen LogP contribution in [0.4, 0.5) is 13.2 Å². The Balaban J connectivity index is 2.21. The van der Waals surface area contributed by atoms with Crippen LogP contribution < -0.4 is 5.73 Å². The summed E-state index contributed by atoms with van der Waals surface area (Å²) in [5.41, 5.74) is 7.93. The molecule has 2 aromatic rings. The average molecular weight is 284 g/mol. The molecule has 2 nitrogen and oxygen atoms in total. The molecule has 0 amide bonds. The highest BCUT2D eigenvalue weighted by atomic mass is 19.4. The molecule has 5 heteroatoms. The van der Waals surface area contributed by atoms with Crippen molar-refractivity contribution in [3.05, 3.63) is 36.0 Å². The molecule has 2 N–H and O–H groups in total. The van der Waals surface area contributed by atoms with Crippen molar-refractivity contribution in [2.24, 2.45) is 5.73 Å². The summed E-state index contributed by atoms with van der Waals surface area (Å²) in [5.74, 6) is 0. The van der Waals surface area contributed by atoms with Gasteiger partial charge in [0, 0.05) is 25.2 Å². The number of halogens is 3. The quantitative estimate of drug-likeness (QED) is 0.887. The highest BCUT2D eigenvalue weighted by molar-refractivity contribution is 5.83. The minimum atomic E-state index is -4.09. The largest absolute Gasteiger partial charge is 0.389 e. The molecule has 1 heterocycles. The van der Waals surface area contributed by atoms with Gasteiger partial charge in [-0.05, 0) is 36.8 Å². The monoisotopic (exact) mass is 284 g/mol. The molecule has 0 radical (unpaired) electrons. The van der Waals surface area contributed by atoms with E-state index >= 15 is 0 Å². The van der Waals surface area contributed by atoms with Crippen LogP contribution in [0.15, 0.2) is 30.5 Å². The van der Waals surface area contributed by atoms with E-state index in [-0.39, 0.29) is 12.5 Å². The van der Waals surface area contributed by atoms with E-state index < -0.39 is 12.6 Å². The van der Waals surface area contributed by atoms with Crippen LogP contribution in [-0.4, -0.2) is 16.8 Å². The van der Waals surface area contributed by atoms with Gasteiger partial charge in [0.2, 0.25) is 0 Å². The van der Waals surface area contributed by atoms with Gasteiger partial charge < -0.3 is 10.3 Å². The lowest BCUT2D eigenvalue weighted by Gasteiger charge is -2.12. The summed E-state index contributed by atoms with van der Waals surface area (Å²) in [6, 6.07) is 7.89. The smallest absolute Gasteiger partial charge is 0.347 e. The SMILES string of the molecule is CC(N)Cc1cccc2ccn(CCCC(F)(F)F)c12. The van der Waals surface area contributed by atoms with Gasteiger partial charge >= 0.3 is 6.18 Å². The van der Waals surface area contributed by atoms with E-state index in [1.54, 1.807) is 0 Å². The van der Waals surface area contributed by atoms with Crippen molar-refractivity contribution in [1.29, 1.82) is 0 Å². The molecule has 1 unspecified atom stereocenters. The number of nitrogens with two attached hydrogens (primary N) is 1. The van der Waals surface area contributed by atoms with Crippen molar-refractivity contribution < 1.29 is 13.2 Å². The molecule has 20 heavy (non-hydrogen) atoms. The Bertz CT molecular complexity index is 570. The number of benzene rings is 1. The summed E-state index contributed by atoms with van der Waals surface area (Å²) in [6.07, 6.45) is -2.16. The summed E-state index contributed by atoms with van der Waals surface area (Å²) in [4.78, 5) is 0. The fourth-order valence-corrected chi connectivity index (χ4v) is 2.49. The maximum absolute atomic E-state index is 12.2. The van der Waals surface area contributed by atoms with Crippen molar-refractivity contribution >= 4 is 10.9 Å². The molecule has 0 saturated heterocycles. The molecule has 0 aliphatic carbocycles. The molecule has 1 aromatic carbocycles. The maximum Gasteiger partial charge on any atom is 0.389 e. The third-order valence-corrected chi connectivity index (χ3v) is 3.27. The minimum Gasteiger partial charge on any atom is -0.347 e. The van der Waals surface area contributed by atoms with Gasteiger partial charge in [-0.1, -0.05) is 18.2 Å². The van der Waals surface area contributed by atoms with Crippen molar-refractivity contribution in [3.8, 4) is 0 Å². The third-order valence-electron chi connectivity index (χ3n) is 3.27. The maximum atomic E-state index is 12.2. The molecule has 0 aliphatic rings. The van der Waals surface area contributed by atoms with Gasteiger partial charge in [-0.2, -0.15) is 13.2 Å².